The lowest BCUT2D eigenvalue weighted by molar-refractivity contribution is -0.122. The Bertz CT molecular complexity index is 563. The molecule has 6 heteroatoms. The Morgan fingerprint density at radius 2 is 2.09 bits per heavy atom. The van der Waals surface area contributed by atoms with Gasteiger partial charge in [-0.25, -0.2) is 0 Å². The van der Waals surface area contributed by atoms with Crippen LogP contribution in [0.5, 0.6) is 0 Å². The third-order valence-electron chi connectivity index (χ3n) is 5.48. The second-order valence-electron chi connectivity index (χ2n) is 6.74. The van der Waals surface area contributed by atoms with E-state index >= 15 is 0 Å². The smallest absolute Gasteiger partial charge is 0.237 e. The highest BCUT2D eigenvalue weighted by atomic mass is 16.5. The maximum Gasteiger partial charge on any atom is 0.237 e. The van der Waals surface area contributed by atoms with Crippen LogP contribution in [0.1, 0.15) is 42.7 Å². The molecule has 6 nitrogen and oxygen atoms in total. The van der Waals surface area contributed by atoms with Gasteiger partial charge < -0.3 is 14.6 Å². The Hall–Kier alpha value is -1.40. The number of carbonyl (C=O) groups is 1. The van der Waals surface area contributed by atoms with Crippen LogP contribution in [0.15, 0.2) is 4.52 Å². The molecule has 120 valence electrons. The zero-order valence-corrected chi connectivity index (χ0v) is 12.8. The van der Waals surface area contributed by atoms with E-state index < -0.39 is 0 Å². The van der Waals surface area contributed by atoms with Crippen molar-refractivity contribution in [1.29, 1.82) is 0 Å². The van der Waals surface area contributed by atoms with E-state index in [1.165, 1.54) is 18.4 Å². The van der Waals surface area contributed by atoms with Gasteiger partial charge in [0.2, 0.25) is 5.91 Å². The van der Waals surface area contributed by atoms with Gasteiger partial charge in [-0.2, -0.15) is 0 Å². The largest absolute Gasteiger partial charge is 0.381 e. The predicted molar refractivity (Wildman–Crippen MR) is 79.3 cm³/mol. The van der Waals surface area contributed by atoms with Gasteiger partial charge in [-0.3, -0.25) is 10.1 Å². The number of hydrogen-bond acceptors (Lipinski definition) is 5. The number of nitrogens with one attached hydrogen (secondary N) is 2. The molecule has 1 atom stereocenters. The molecular formula is C16H23N3O3. The van der Waals surface area contributed by atoms with Crippen molar-refractivity contribution in [2.24, 2.45) is 5.41 Å². The van der Waals surface area contributed by atoms with Gasteiger partial charge in [-0.05, 0) is 32.1 Å². The molecule has 1 aromatic heterocycles. The van der Waals surface area contributed by atoms with Crippen LogP contribution in [-0.4, -0.2) is 36.9 Å². The molecule has 1 spiro atoms. The van der Waals surface area contributed by atoms with Crippen molar-refractivity contribution in [1.82, 2.24) is 15.8 Å². The topological polar surface area (TPSA) is 76.4 Å². The zero-order chi connectivity index (χ0) is 15.0. The van der Waals surface area contributed by atoms with Crippen molar-refractivity contribution >= 4 is 5.91 Å². The average Bonchev–Trinajstić information content (AvgIpc) is 3.09. The predicted octanol–water partition coefficient (Wildman–Crippen LogP) is 0.938. The average molecular weight is 305 g/mol. The van der Waals surface area contributed by atoms with Crippen molar-refractivity contribution < 1.29 is 14.1 Å². The van der Waals surface area contributed by atoms with Crippen molar-refractivity contribution in [3.05, 3.63) is 17.0 Å². The Kier molecular flexibility index (Phi) is 3.66. The molecule has 3 aliphatic rings. The first-order valence-electron chi connectivity index (χ1n) is 8.34. The van der Waals surface area contributed by atoms with E-state index in [4.69, 9.17) is 9.26 Å². The van der Waals surface area contributed by atoms with E-state index in [0.717, 1.165) is 56.9 Å². The molecule has 2 fully saturated rings. The monoisotopic (exact) mass is 305 g/mol. The quantitative estimate of drug-likeness (QED) is 0.869. The molecule has 1 amide bonds. The second-order valence-corrected chi connectivity index (χ2v) is 6.74. The minimum absolute atomic E-state index is 0.000863. The maximum atomic E-state index is 12.2. The molecule has 3 heterocycles. The fourth-order valence-corrected chi connectivity index (χ4v) is 4.08. The van der Waals surface area contributed by atoms with Crippen LogP contribution in [0.4, 0.5) is 0 Å². The highest BCUT2D eigenvalue weighted by molar-refractivity contribution is 5.85. The Morgan fingerprint density at radius 3 is 2.95 bits per heavy atom. The van der Waals surface area contributed by atoms with Gasteiger partial charge in [0.05, 0.1) is 6.04 Å². The third kappa shape index (κ3) is 2.34. The zero-order valence-electron chi connectivity index (χ0n) is 12.8. The lowest BCUT2D eigenvalue weighted by atomic mass is 9.76. The van der Waals surface area contributed by atoms with Crippen LogP contribution in [0, 0.1) is 5.41 Å². The van der Waals surface area contributed by atoms with Gasteiger partial charge in [0.15, 0.2) is 0 Å². The Labute approximate surface area is 129 Å². The molecule has 2 aliphatic heterocycles. The standard InChI is InChI=1S/C16H23N3O3/c20-15-14(16(10-18-15)5-7-21-8-6-16)17-9-12-11-3-1-2-4-13(11)22-19-12/h14,17H,1-10H2,(H,18,20). The Morgan fingerprint density at radius 1 is 1.27 bits per heavy atom. The van der Waals surface area contributed by atoms with Gasteiger partial charge in [-0.1, -0.05) is 5.16 Å². The third-order valence-corrected chi connectivity index (χ3v) is 5.48. The van der Waals surface area contributed by atoms with Gasteiger partial charge in [0.25, 0.3) is 0 Å². The molecular weight excluding hydrogens is 282 g/mol. The van der Waals surface area contributed by atoms with Crippen LogP contribution >= 0.6 is 0 Å². The summed E-state index contributed by atoms with van der Waals surface area (Å²) in [7, 11) is 0. The first-order valence-corrected chi connectivity index (χ1v) is 8.34. The van der Waals surface area contributed by atoms with Gasteiger partial charge >= 0.3 is 0 Å². The number of amides is 1. The first-order chi connectivity index (χ1) is 10.8. The van der Waals surface area contributed by atoms with E-state index in [-0.39, 0.29) is 17.4 Å². The molecule has 22 heavy (non-hydrogen) atoms. The summed E-state index contributed by atoms with van der Waals surface area (Å²) in [5.74, 6) is 1.15. The highest BCUT2D eigenvalue weighted by Gasteiger charge is 2.48. The lowest BCUT2D eigenvalue weighted by Crippen LogP contribution is -2.49. The Balaban J connectivity index is 1.48. The first kappa shape index (κ1) is 14.2. The molecule has 2 N–H and O–H groups in total. The minimum Gasteiger partial charge on any atom is -0.381 e. The molecule has 1 aromatic rings. The summed E-state index contributed by atoms with van der Waals surface area (Å²) in [6, 6.07) is -0.146. The molecule has 0 aromatic carbocycles. The number of aryl methyl sites for hydroxylation is 1. The molecule has 2 saturated heterocycles. The van der Waals surface area contributed by atoms with Crippen LogP contribution in [0.3, 0.4) is 0 Å². The summed E-state index contributed by atoms with van der Waals surface area (Å²) in [4.78, 5) is 12.2. The molecule has 4 rings (SSSR count). The molecule has 0 bridgehead atoms. The van der Waals surface area contributed by atoms with E-state index in [2.05, 4.69) is 15.8 Å². The van der Waals surface area contributed by atoms with Crippen LogP contribution in [0.2, 0.25) is 0 Å². The summed E-state index contributed by atoms with van der Waals surface area (Å²) in [5.41, 5.74) is 2.24. The van der Waals surface area contributed by atoms with Crippen molar-refractivity contribution in [3.63, 3.8) is 0 Å². The fraction of sp³-hybridized carbons (Fsp3) is 0.750. The number of hydrogen-bond donors (Lipinski definition) is 2. The summed E-state index contributed by atoms with van der Waals surface area (Å²) >= 11 is 0. The van der Waals surface area contributed by atoms with Crippen molar-refractivity contribution in [3.8, 4) is 0 Å². The number of carbonyl (C=O) groups excluding carboxylic acids is 1. The number of ether oxygens (including phenoxy) is 1. The van der Waals surface area contributed by atoms with Crippen LogP contribution < -0.4 is 10.6 Å². The number of aromatic nitrogens is 1. The number of fused-ring (bicyclic) bond motifs is 1. The van der Waals surface area contributed by atoms with Gasteiger partial charge in [0.1, 0.15) is 11.5 Å². The summed E-state index contributed by atoms with van der Waals surface area (Å²) in [6.07, 6.45) is 6.29. The van der Waals surface area contributed by atoms with E-state index in [1.807, 2.05) is 0 Å². The lowest BCUT2D eigenvalue weighted by Gasteiger charge is -2.36. The highest BCUT2D eigenvalue weighted by Crippen LogP contribution is 2.37. The van der Waals surface area contributed by atoms with Gasteiger partial charge in [0, 0.05) is 43.7 Å². The molecule has 1 aliphatic carbocycles. The molecule has 0 saturated carbocycles. The normalized spacial score (nSPS) is 26.9. The summed E-state index contributed by atoms with van der Waals surface area (Å²) < 4.78 is 10.9. The number of rotatable bonds is 3. The number of nitrogens with zero attached hydrogens (tertiary/aromatic N) is 1. The van der Waals surface area contributed by atoms with E-state index in [0.29, 0.717) is 6.54 Å². The van der Waals surface area contributed by atoms with E-state index in [9.17, 15) is 4.79 Å². The van der Waals surface area contributed by atoms with Crippen LogP contribution in [0.25, 0.3) is 0 Å². The second kappa shape index (κ2) is 5.66. The van der Waals surface area contributed by atoms with Crippen LogP contribution in [-0.2, 0) is 28.9 Å². The van der Waals surface area contributed by atoms with E-state index in [1.54, 1.807) is 0 Å². The minimum atomic E-state index is -0.146. The summed E-state index contributed by atoms with van der Waals surface area (Å²) in [5, 5.41) is 10.7. The molecule has 1 unspecified atom stereocenters. The SMILES string of the molecule is O=C1NCC2(CCOCC2)C1NCc1noc2c1CCCC2. The summed E-state index contributed by atoms with van der Waals surface area (Å²) in [6.45, 7) is 2.85. The van der Waals surface area contributed by atoms with Gasteiger partial charge in [-0.15, -0.1) is 0 Å². The van der Waals surface area contributed by atoms with Crippen molar-refractivity contribution in [2.45, 2.75) is 51.1 Å². The maximum absolute atomic E-state index is 12.2. The molecule has 0 radical (unpaired) electrons. The fourth-order valence-electron chi connectivity index (χ4n) is 4.08. The van der Waals surface area contributed by atoms with Crippen molar-refractivity contribution in [2.75, 3.05) is 19.8 Å².